The Labute approximate surface area is 228 Å². The molecule has 0 saturated carbocycles. The van der Waals surface area contributed by atoms with Crippen molar-refractivity contribution in [3.63, 3.8) is 0 Å². The van der Waals surface area contributed by atoms with Gasteiger partial charge in [0.25, 0.3) is 0 Å². The molecule has 0 spiro atoms. The maximum Gasteiger partial charge on any atom is 0.243 e. The highest BCUT2D eigenvalue weighted by Gasteiger charge is 2.38. The Morgan fingerprint density at radius 3 is 2.47 bits per heavy atom. The van der Waals surface area contributed by atoms with Crippen molar-refractivity contribution in [2.45, 2.75) is 51.1 Å². The molecule has 1 fully saturated rings. The van der Waals surface area contributed by atoms with Gasteiger partial charge in [0, 0.05) is 37.1 Å². The fourth-order valence-corrected chi connectivity index (χ4v) is 9.03. The molecule has 1 saturated heterocycles. The van der Waals surface area contributed by atoms with Gasteiger partial charge in [-0.25, -0.2) is 12.8 Å². The molecule has 9 heteroatoms. The Bertz CT molecular complexity index is 1450. The maximum absolute atomic E-state index is 14.1. The second kappa shape index (κ2) is 10.5. The number of fused-ring (bicyclic) bond motifs is 1. The highest BCUT2D eigenvalue weighted by molar-refractivity contribution is 7.89. The molecule has 2 unspecified atom stereocenters. The summed E-state index contributed by atoms with van der Waals surface area (Å²) in [6.07, 6.45) is 0.851. The first kappa shape index (κ1) is 27.0. The first-order valence-corrected chi connectivity index (χ1v) is 15.3. The molecule has 3 aromatic rings. The van der Waals surface area contributed by atoms with Crippen molar-refractivity contribution in [1.29, 1.82) is 0 Å². The van der Waals surface area contributed by atoms with Crippen molar-refractivity contribution in [2.24, 2.45) is 0 Å². The molecule has 38 heavy (non-hydrogen) atoms. The van der Waals surface area contributed by atoms with Crippen molar-refractivity contribution >= 4 is 27.3 Å². The standard InChI is InChI=1S/C29H34FN3O3S2/c1-19-14-20(2)29(21(3)15-19)38(35,36)33-12-11-31(17-22(33)4)27(34)18-32-10-8-26-25(9-13-37-26)28(32)23-6-5-7-24(30)16-23/h5-7,9,13-16,22,28H,8,10-12,17-18H2,1-4H3. The Morgan fingerprint density at radius 1 is 1.05 bits per heavy atom. The number of hydrogen-bond donors (Lipinski definition) is 0. The molecular formula is C29H34FN3O3S2. The topological polar surface area (TPSA) is 60.9 Å². The lowest BCUT2D eigenvalue weighted by atomic mass is 9.93. The third-order valence-corrected chi connectivity index (χ3v) is 11.0. The third kappa shape index (κ3) is 5.04. The molecule has 2 atom stereocenters. The van der Waals surface area contributed by atoms with Crippen molar-refractivity contribution in [3.8, 4) is 0 Å². The number of aryl methyl sites for hydroxylation is 3. The fraction of sp³-hybridized carbons (Fsp3) is 0.414. The Kier molecular flexibility index (Phi) is 7.48. The van der Waals surface area contributed by atoms with E-state index in [1.165, 1.54) is 15.2 Å². The van der Waals surface area contributed by atoms with Crippen molar-refractivity contribution in [3.05, 3.63) is 86.4 Å². The highest BCUT2D eigenvalue weighted by Crippen LogP contribution is 2.38. The number of benzene rings is 2. The maximum atomic E-state index is 14.1. The molecule has 3 heterocycles. The number of hydrogen-bond acceptors (Lipinski definition) is 5. The number of carbonyl (C=O) groups excluding carboxylic acids is 1. The van der Waals surface area contributed by atoms with Gasteiger partial charge in [0.05, 0.1) is 17.5 Å². The summed E-state index contributed by atoms with van der Waals surface area (Å²) >= 11 is 1.70. The van der Waals surface area contributed by atoms with Crippen LogP contribution in [0.15, 0.2) is 52.7 Å². The van der Waals surface area contributed by atoms with Crippen LogP contribution in [0.3, 0.4) is 0 Å². The average molecular weight is 556 g/mol. The van der Waals surface area contributed by atoms with Crippen LogP contribution in [-0.2, 0) is 21.2 Å². The summed E-state index contributed by atoms with van der Waals surface area (Å²) < 4.78 is 43.0. The van der Waals surface area contributed by atoms with E-state index in [9.17, 15) is 17.6 Å². The van der Waals surface area contributed by atoms with E-state index in [1.807, 2.05) is 45.9 Å². The Hall–Kier alpha value is -2.59. The van der Waals surface area contributed by atoms with Crippen molar-refractivity contribution in [2.75, 3.05) is 32.7 Å². The first-order valence-electron chi connectivity index (χ1n) is 13.0. The minimum atomic E-state index is -3.69. The normalized spacial score (nSPS) is 20.9. The molecule has 2 aliphatic rings. The predicted molar refractivity (Wildman–Crippen MR) is 148 cm³/mol. The molecule has 2 aliphatic heterocycles. The summed E-state index contributed by atoms with van der Waals surface area (Å²) in [6, 6.07) is 12.0. The quantitative estimate of drug-likeness (QED) is 0.459. The van der Waals surface area contributed by atoms with Crippen LogP contribution in [-0.4, -0.2) is 67.2 Å². The number of halogens is 1. The SMILES string of the molecule is Cc1cc(C)c(S(=O)(=O)N2CCN(C(=O)CN3CCc4sccc4C3c3cccc(F)c3)CC2C)c(C)c1. The fourth-order valence-electron chi connectivity index (χ4n) is 6.09. The summed E-state index contributed by atoms with van der Waals surface area (Å²) in [4.78, 5) is 19.1. The molecule has 0 aliphatic carbocycles. The Morgan fingerprint density at radius 2 is 1.79 bits per heavy atom. The second-order valence-electron chi connectivity index (χ2n) is 10.5. The largest absolute Gasteiger partial charge is 0.339 e. The zero-order valence-electron chi connectivity index (χ0n) is 22.3. The van der Waals surface area contributed by atoms with Gasteiger partial charge in [-0.3, -0.25) is 9.69 Å². The lowest BCUT2D eigenvalue weighted by Gasteiger charge is -2.41. The van der Waals surface area contributed by atoms with Crippen LogP contribution in [0.25, 0.3) is 0 Å². The van der Waals surface area contributed by atoms with E-state index in [0.29, 0.717) is 24.5 Å². The molecule has 202 valence electrons. The van der Waals surface area contributed by atoms with E-state index < -0.39 is 10.0 Å². The minimum absolute atomic E-state index is 0.0309. The van der Waals surface area contributed by atoms with Crippen molar-refractivity contribution in [1.82, 2.24) is 14.1 Å². The van der Waals surface area contributed by atoms with Crippen LogP contribution in [0.2, 0.25) is 0 Å². The Balaban J connectivity index is 1.32. The van der Waals surface area contributed by atoms with E-state index in [0.717, 1.165) is 34.2 Å². The van der Waals surface area contributed by atoms with Gasteiger partial charge in [-0.2, -0.15) is 4.31 Å². The third-order valence-electron chi connectivity index (χ3n) is 7.66. The van der Waals surface area contributed by atoms with E-state index in [2.05, 4.69) is 16.3 Å². The van der Waals surface area contributed by atoms with Crippen molar-refractivity contribution < 1.29 is 17.6 Å². The second-order valence-corrected chi connectivity index (χ2v) is 13.3. The summed E-state index contributed by atoms with van der Waals surface area (Å²) in [5.41, 5.74) is 4.49. The summed E-state index contributed by atoms with van der Waals surface area (Å²) in [7, 11) is -3.69. The number of rotatable bonds is 5. The minimum Gasteiger partial charge on any atom is -0.339 e. The van der Waals surface area contributed by atoms with Gasteiger partial charge in [0.2, 0.25) is 15.9 Å². The predicted octanol–water partition coefficient (Wildman–Crippen LogP) is 4.68. The highest BCUT2D eigenvalue weighted by atomic mass is 32.2. The van der Waals surface area contributed by atoms with Gasteiger partial charge in [-0.15, -0.1) is 11.3 Å². The van der Waals surface area contributed by atoms with Crippen LogP contribution in [0.1, 0.15) is 45.7 Å². The van der Waals surface area contributed by atoms with Gasteiger partial charge in [-0.1, -0.05) is 29.8 Å². The molecule has 1 amide bonds. The molecule has 2 aromatic carbocycles. The first-order chi connectivity index (χ1) is 18.1. The number of thiophene rings is 1. The van der Waals surface area contributed by atoms with Crippen LogP contribution in [0.5, 0.6) is 0 Å². The molecule has 0 N–H and O–H groups in total. The molecule has 0 bridgehead atoms. The molecule has 1 aromatic heterocycles. The van der Waals surface area contributed by atoms with E-state index in [1.54, 1.807) is 28.4 Å². The van der Waals surface area contributed by atoms with Crippen LogP contribution in [0, 0.1) is 26.6 Å². The smallest absolute Gasteiger partial charge is 0.243 e. The number of piperazine rings is 1. The van der Waals surface area contributed by atoms with Gasteiger partial charge >= 0.3 is 0 Å². The number of amides is 1. The van der Waals surface area contributed by atoms with Crippen LogP contribution >= 0.6 is 11.3 Å². The van der Waals surface area contributed by atoms with Gasteiger partial charge in [0.15, 0.2) is 0 Å². The summed E-state index contributed by atoms with van der Waals surface area (Å²) in [5, 5.41) is 2.06. The average Bonchev–Trinajstić information content (AvgIpc) is 3.31. The summed E-state index contributed by atoms with van der Waals surface area (Å²) in [6.45, 7) is 9.34. The molecule has 6 nitrogen and oxygen atoms in total. The lowest BCUT2D eigenvalue weighted by Crippen LogP contribution is -2.57. The molecule has 0 radical (unpaired) electrons. The van der Waals surface area contributed by atoms with Gasteiger partial charge < -0.3 is 4.90 Å². The monoisotopic (exact) mass is 555 g/mol. The molecule has 5 rings (SSSR count). The van der Waals surface area contributed by atoms with Gasteiger partial charge in [-0.05, 0) is 79.9 Å². The lowest BCUT2D eigenvalue weighted by molar-refractivity contribution is -0.135. The number of nitrogens with zero attached hydrogens (tertiary/aromatic N) is 3. The number of carbonyl (C=O) groups is 1. The van der Waals surface area contributed by atoms with Crippen LogP contribution in [0.4, 0.5) is 4.39 Å². The zero-order chi connectivity index (χ0) is 27.2. The zero-order valence-corrected chi connectivity index (χ0v) is 23.9. The summed E-state index contributed by atoms with van der Waals surface area (Å²) in [5.74, 6) is -0.321. The van der Waals surface area contributed by atoms with E-state index >= 15 is 0 Å². The van der Waals surface area contributed by atoms with E-state index in [4.69, 9.17) is 0 Å². The number of sulfonamides is 1. The van der Waals surface area contributed by atoms with Gasteiger partial charge in [0.1, 0.15) is 5.82 Å². The van der Waals surface area contributed by atoms with E-state index in [-0.39, 0.29) is 36.9 Å². The molecular weight excluding hydrogens is 521 g/mol. The van der Waals surface area contributed by atoms with Crippen LogP contribution < -0.4 is 0 Å².